The molecule has 164 valence electrons. The Labute approximate surface area is 190 Å². The number of hydrogen-bond donors (Lipinski definition) is 0. The van der Waals surface area contributed by atoms with Gasteiger partial charge in [0.15, 0.2) is 0 Å². The van der Waals surface area contributed by atoms with Crippen molar-refractivity contribution in [3.05, 3.63) is 64.7 Å². The second-order valence-corrected chi connectivity index (χ2v) is 8.82. The van der Waals surface area contributed by atoms with E-state index < -0.39 is 0 Å². The third-order valence-corrected chi connectivity index (χ3v) is 6.61. The van der Waals surface area contributed by atoms with Gasteiger partial charge in [0.1, 0.15) is 0 Å². The van der Waals surface area contributed by atoms with Gasteiger partial charge in [-0.05, 0) is 36.1 Å². The minimum Gasteiger partial charge on any atom is -0.378 e. The normalized spacial score (nSPS) is 14.1. The first-order chi connectivity index (χ1) is 15.6. The van der Waals surface area contributed by atoms with Gasteiger partial charge >= 0.3 is 0 Å². The van der Waals surface area contributed by atoms with Crippen LogP contribution < -0.4 is 4.90 Å². The fraction of sp³-hybridized carbons (Fsp3) is 0.292. The molecule has 32 heavy (non-hydrogen) atoms. The molecule has 1 fully saturated rings. The van der Waals surface area contributed by atoms with Gasteiger partial charge in [-0.3, -0.25) is 4.79 Å². The van der Waals surface area contributed by atoms with Crippen LogP contribution in [0, 0.1) is 6.92 Å². The van der Waals surface area contributed by atoms with Gasteiger partial charge in [-0.15, -0.1) is 11.3 Å². The molecule has 0 atom stereocenters. The van der Waals surface area contributed by atoms with E-state index in [4.69, 9.17) is 9.26 Å². The Morgan fingerprint density at radius 3 is 2.78 bits per heavy atom. The molecule has 0 saturated carbocycles. The number of morpholine rings is 1. The van der Waals surface area contributed by atoms with Crippen LogP contribution in [0.5, 0.6) is 0 Å². The topological polar surface area (TPSA) is 71.7 Å². The molecule has 1 aliphatic heterocycles. The molecule has 4 aromatic rings. The molecule has 4 heterocycles. The van der Waals surface area contributed by atoms with E-state index in [0.717, 1.165) is 42.4 Å². The number of carbonyl (C=O) groups is 1. The number of fused-ring (bicyclic) bond motifs is 1. The summed E-state index contributed by atoms with van der Waals surface area (Å²) in [6.45, 7) is 5.47. The van der Waals surface area contributed by atoms with Crippen LogP contribution in [0.4, 0.5) is 5.69 Å². The average Bonchev–Trinajstić information content (AvgIpc) is 3.49. The summed E-state index contributed by atoms with van der Waals surface area (Å²) < 4.78 is 10.9. The van der Waals surface area contributed by atoms with Crippen LogP contribution in [0.25, 0.3) is 21.7 Å². The zero-order chi connectivity index (χ0) is 22.1. The Morgan fingerprint density at radius 1 is 1.19 bits per heavy atom. The number of anilines is 1. The number of pyridine rings is 1. The lowest BCUT2D eigenvalue weighted by Gasteiger charge is -2.31. The van der Waals surface area contributed by atoms with Crippen LogP contribution in [-0.4, -0.2) is 54.3 Å². The van der Waals surface area contributed by atoms with Crippen molar-refractivity contribution in [1.29, 1.82) is 0 Å². The highest BCUT2D eigenvalue weighted by Crippen LogP contribution is 2.30. The quantitative estimate of drug-likeness (QED) is 0.452. The van der Waals surface area contributed by atoms with Gasteiger partial charge in [-0.25, -0.2) is 4.98 Å². The number of para-hydroxylation sites is 1. The molecule has 1 aromatic carbocycles. The zero-order valence-electron chi connectivity index (χ0n) is 18.1. The third-order valence-electron chi connectivity index (χ3n) is 5.72. The van der Waals surface area contributed by atoms with Gasteiger partial charge in [-0.2, -0.15) is 0 Å². The number of rotatable bonds is 5. The number of carbonyl (C=O) groups excluding carboxylic acids is 1. The molecule has 1 amide bonds. The van der Waals surface area contributed by atoms with Crippen molar-refractivity contribution in [1.82, 2.24) is 15.0 Å². The molecule has 0 bridgehead atoms. The van der Waals surface area contributed by atoms with E-state index in [2.05, 4.69) is 27.2 Å². The predicted octanol–water partition coefficient (Wildman–Crippen LogP) is 4.37. The van der Waals surface area contributed by atoms with Crippen LogP contribution in [-0.2, 0) is 11.3 Å². The Bertz CT molecular complexity index is 1250. The lowest BCUT2D eigenvalue weighted by atomic mass is 10.1. The van der Waals surface area contributed by atoms with Crippen LogP contribution in [0.1, 0.15) is 21.6 Å². The van der Waals surface area contributed by atoms with E-state index in [0.29, 0.717) is 34.6 Å². The van der Waals surface area contributed by atoms with Crippen LogP contribution in [0.2, 0.25) is 0 Å². The molecular formula is C24H24N4O3S. The van der Waals surface area contributed by atoms with Gasteiger partial charge in [0.25, 0.3) is 11.6 Å². The first-order valence-corrected chi connectivity index (χ1v) is 11.5. The van der Waals surface area contributed by atoms with E-state index in [1.54, 1.807) is 16.2 Å². The number of benzene rings is 1. The molecule has 5 rings (SSSR count). The van der Waals surface area contributed by atoms with E-state index in [9.17, 15) is 4.79 Å². The second kappa shape index (κ2) is 8.72. The summed E-state index contributed by atoms with van der Waals surface area (Å²) in [5.74, 6) is -0.0849. The number of amides is 1. The first-order valence-electron chi connectivity index (χ1n) is 10.6. The van der Waals surface area contributed by atoms with Crippen molar-refractivity contribution in [3.8, 4) is 10.6 Å². The Hall–Kier alpha value is -3.23. The van der Waals surface area contributed by atoms with Gasteiger partial charge in [-0.1, -0.05) is 29.4 Å². The molecule has 0 N–H and O–H groups in total. The van der Waals surface area contributed by atoms with Gasteiger partial charge in [0.2, 0.25) is 0 Å². The van der Waals surface area contributed by atoms with E-state index in [1.807, 2.05) is 49.7 Å². The maximum Gasteiger partial charge on any atom is 0.259 e. The fourth-order valence-corrected chi connectivity index (χ4v) is 4.79. The fourth-order valence-electron chi connectivity index (χ4n) is 4.10. The highest BCUT2D eigenvalue weighted by atomic mass is 32.1. The van der Waals surface area contributed by atoms with Gasteiger partial charge in [0, 0.05) is 32.4 Å². The van der Waals surface area contributed by atoms with Gasteiger partial charge in [0.05, 0.1) is 40.4 Å². The van der Waals surface area contributed by atoms with Gasteiger partial charge < -0.3 is 19.1 Å². The van der Waals surface area contributed by atoms with Crippen LogP contribution >= 0.6 is 11.3 Å². The Balaban J connectivity index is 1.48. The van der Waals surface area contributed by atoms with Crippen molar-refractivity contribution < 1.29 is 14.1 Å². The van der Waals surface area contributed by atoms with Crippen molar-refractivity contribution >= 4 is 34.0 Å². The summed E-state index contributed by atoms with van der Waals surface area (Å²) in [7, 11) is 1.83. The van der Waals surface area contributed by atoms with Crippen molar-refractivity contribution in [3.63, 3.8) is 0 Å². The van der Waals surface area contributed by atoms with Crippen LogP contribution in [0.15, 0.2) is 52.4 Å². The maximum absolute atomic E-state index is 13.6. The largest absolute Gasteiger partial charge is 0.378 e. The predicted molar refractivity (Wildman–Crippen MR) is 125 cm³/mol. The highest BCUT2D eigenvalue weighted by molar-refractivity contribution is 7.13. The Kier molecular flexibility index (Phi) is 5.63. The standard InChI is InChI=1S/C24H24N4O3S/c1-16-22-18(14-19(21-8-5-13-32-21)25-23(22)31-26-16)24(29)27(2)15-17-6-3-4-7-20(17)28-9-11-30-12-10-28/h3-8,13-14H,9-12,15H2,1-2H3. The number of hydrogen-bond acceptors (Lipinski definition) is 7. The second-order valence-electron chi connectivity index (χ2n) is 7.87. The average molecular weight is 449 g/mol. The number of ether oxygens (including phenoxy) is 1. The number of thiophene rings is 1. The molecule has 0 aliphatic carbocycles. The molecular weight excluding hydrogens is 424 g/mol. The number of aromatic nitrogens is 2. The summed E-state index contributed by atoms with van der Waals surface area (Å²) in [4.78, 5) is 23.3. The molecule has 3 aromatic heterocycles. The van der Waals surface area contributed by atoms with Crippen LogP contribution in [0.3, 0.4) is 0 Å². The van der Waals surface area contributed by atoms with E-state index in [1.165, 1.54) is 0 Å². The molecule has 8 heteroatoms. The molecule has 0 unspecified atom stereocenters. The van der Waals surface area contributed by atoms with E-state index >= 15 is 0 Å². The summed E-state index contributed by atoms with van der Waals surface area (Å²) in [6.07, 6.45) is 0. The summed E-state index contributed by atoms with van der Waals surface area (Å²) in [5, 5.41) is 6.72. The molecule has 1 aliphatic rings. The molecule has 7 nitrogen and oxygen atoms in total. The third kappa shape index (κ3) is 3.87. The first kappa shape index (κ1) is 20.7. The summed E-state index contributed by atoms with van der Waals surface area (Å²) in [5.41, 5.74) is 4.58. The number of nitrogens with zero attached hydrogens (tertiary/aromatic N) is 4. The summed E-state index contributed by atoms with van der Waals surface area (Å²) in [6, 6.07) is 14.1. The summed E-state index contributed by atoms with van der Waals surface area (Å²) >= 11 is 1.58. The SMILES string of the molecule is Cc1noc2nc(-c3cccs3)cc(C(=O)N(C)Cc3ccccc3N3CCOCC3)c12. The molecule has 0 spiro atoms. The Morgan fingerprint density at radius 2 is 2.00 bits per heavy atom. The van der Waals surface area contributed by atoms with E-state index in [-0.39, 0.29) is 5.91 Å². The molecule has 1 saturated heterocycles. The number of aryl methyl sites for hydroxylation is 1. The maximum atomic E-state index is 13.6. The minimum absolute atomic E-state index is 0.0849. The zero-order valence-corrected chi connectivity index (χ0v) is 18.9. The van der Waals surface area contributed by atoms with Crippen molar-refractivity contribution in [2.75, 3.05) is 38.3 Å². The smallest absolute Gasteiger partial charge is 0.259 e. The lowest BCUT2D eigenvalue weighted by Crippen LogP contribution is -2.37. The van der Waals surface area contributed by atoms with Crippen molar-refractivity contribution in [2.45, 2.75) is 13.5 Å². The monoisotopic (exact) mass is 448 g/mol. The highest BCUT2D eigenvalue weighted by Gasteiger charge is 2.23. The van der Waals surface area contributed by atoms with Crippen molar-refractivity contribution in [2.24, 2.45) is 0 Å². The minimum atomic E-state index is -0.0849. The lowest BCUT2D eigenvalue weighted by molar-refractivity contribution is 0.0786. The molecule has 0 radical (unpaired) electrons.